The molecule has 1 N–H and O–H groups in total. The van der Waals surface area contributed by atoms with Crippen LogP contribution in [0.25, 0.3) is 0 Å². The number of benzene rings is 1. The molecule has 1 amide bonds. The van der Waals surface area contributed by atoms with Crippen LogP contribution in [-0.2, 0) is 9.47 Å². The lowest BCUT2D eigenvalue weighted by Crippen LogP contribution is -2.37. The van der Waals surface area contributed by atoms with Gasteiger partial charge in [-0.1, -0.05) is 6.92 Å². The van der Waals surface area contributed by atoms with Crippen molar-refractivity contribution in [3.8, 4) is 0 Å². The molecule has 0 atom stereocenters. The number of amides is 1. The largest absolute Gasteiger partial charge is 0.462 e. The monoisotopic (exact) mass is 358 g/mol. The fourth-order valence-corrected chi connectivity index (χ4v) is 2.73. The molecule has 1 aliphatic rings. The number of anilines is 2. The van der Waals surface area contributed by atoms with E-state index in [4.69, 9.17) is 13.9 Å². The first-order chi connectivity index (χ1) is 12.7. The summed E-state index contributed by atoms with van der Waals surface area (Å²) in [4.78, 5) is 26.8. The van der Waals surface area contributed by atoms with Crippen molar-refractivity contribution >= 4 is 23.3 Å². The number of hydrogen-bond acceptors (Lipinski definition) is 6. The summed E-state index contributed by atoms with van der Waals surface area (Å²) in [6.45, 7) is 4.92. The third-order valence-corrected chi connectivity index (χ3v) is 4.01. The number of carbonyl (C=O) groups excluding carboxylic acids is 2. The van der Waals surface area contributed by atoms with Gasteiger partial charge in [-0.15, -0.1) is 0 Å². The molecule has 1 aromatic carbocycles. The standard InChI is InChI=1S/C19H22N2O5/c1-2-9-26-19(23)15-13-14(20-18(22)17-4-3-10-25-17)5-6-16(15)21-7-11-24-12-8-21/h3-6,10,13H,2,7-9,11-12H2,1H3,(H,20,22). The number of furan rings is 1. The Balaban J connectivity index is 1.85. The predicted molar refractivity (Wildman–Crippen MR) is 96.7 cm³/mol. The minimum absolute atomic E-state index is 0.206. The third-order valence-electron chi connectivity index (χ3n) is 4.01. The summed E-state index contributed by atoms with van der Waals surface area (Å²) >= 11 is 0. The molecule has 7 heteroatoms. The zero-order valence-corrected chi connectivity index (χ0v) is 14.7. The van der Waals surface area contributed by atoms with E-state index in [-0.39, 0.29) is 11.7 Å². The predicted octanol–water partition coefficient (Wildman–Crippen LogP) is 2.94. The third kappa shape index (κ3) is 4.23. The second-order valence-electron chi connectivity index (χ2n) is 5.90. The first-order valence-electron chi connectivity index (χ1n) is 8.67. The van der Waals surface area contributed by atoms with Gasteiger partial charge < -0.3 is 24.1 Å². The average molecular weight is 358 g/mol. The van der Waals surface area contributed by atoms with Gasteiger partial charge in [-0.05, 0) is 36.8 Å². The van der Waals surface area contributed by atoms with E-state index in [1.165, 1.54) is 6.26 Å². The van der Waals surface area contributed by atoms with Gasteiger partial charge in [0, 0.05) is 18.8 Å². The maximum atomic E-state index is 12.5. The summed E-state index contributed by atoms with van der Waals surface area (Å²) in [6.07, 6.45) is 2.18. The molecule has 138 valence electrons. The van der Waals surface area contributed by atoms with Crippen LogP contribution in [-0.4, -0.2) is 44.8 Å². The van der Waals surface area contributed by atoms with Crippen LogP contribution in [0.5, 0.6) is 0 Å². The van der Waals surface area contributed by atoms with E-state index >= 15 is 0 Å². The van der Waals surface area contributed by atoms with Gasteiger partial charge in [-0.25, -0.2) is 4.79 Å². The minimum Gasteiger partial charge on any atom is -0.462 e. The van der Waals surface area contributed by atoms with Gasteiger partial charge in [-0.2, -0.15) is 0 Å². The molecular weight excluding hydrogens is 336 g/mol. The van der Waals surface area contributed by atoms with Gasteiger partial charge in [-0.3, -0.25) is 4.79 Å². The molecule has 2 aromatic rings. The molecule has 3 rings (SSSR count). The van der Waals surface area contributed by atoms with Crippen LogP contribution in [0, 0.1) is 0 Å². The van der Waals surface area contributed by atoms with Crippen molar-refractivity contribution in [2.75, 3.05) is 43.1 Å². The number of nitrogens with zero attached hydrogens (tertiary/aromatic N) is 1. The Kier molecular flexibility index (Phi) is 5.91. The highest BCUT2D eigenvalue weighted by atomic mass is 16.5. The van der Waals surface area contributed by atoms with Gasteiger partial charge in [0.2, 0.25) is 0 Å². The quantitative estimate of drug-likeness (QED) is 0.800. The number of morpholine rings is 1. The van der Waals surface area contributed by atoms with Gasteiger partial charge in [0.15, 0.2) is 5.76 Å². The molecule has 1 fully saturated rings. The number of ether oxygens (including phenoxy) is 2. The van der Waals surface area contributed by atoms with Gasteiger partial charge in [0.05, 0.1) is 37.3 Å². The number of nitrogens with one attached hydrogen (secondary N) is 1. The average Bonchev–Trinajstić information content (AvgIpc) is 3.21. The van der Waals surface area contributed by atoms with E-state index in [9.17, 15) is 9.59 Å². The lowest BCUT2D eigenvalue weighted by molar-refractivity contribution is 0.0504. The molecule has 0 unspecified atom stereocenters. The molecule has 0 saturated carbocycles. The van der Waals surface area contributed by atoms with E-state index in [2.05, 4.69) is 10.2 Å². The Morgan fingerprint density at radius 2 is 2.04 bits per heavy atom. The van der Waals surface area contributed by atoms with Crippen molar-refractivity contribution in [2.45, 2.75) is 13.3 Å². The lowest BCUT2D eigenvalue weighted by Gasteiger charge is -2.30. The topological polar surface area (TPSA) is 81.0 Å². The van der Waals surface area contributed by atoms with Crippen molar-refractivity contribution in [3.05, 3.63) is 47.9 Å². The van der Waals surface area contributed by atoms with Crippen LogP contribution in [0.4, 0.5) is 11.4 Å². The molecule has 0 radical (unpaired) electrons. The number of rotatable bonds is 6. The maximum absolute atomic E-state index is 12.5. The van der Waals surface area contributed by atoms with E-state index in [0.717, 1.165) is 12.1 Å². The highest BCUT2D eigenvalue weighted by Gasteiger charge is 2.21. The maximum Gasteiger partial charge on any atom is 0.340 e. The SMILES string of the molecule is CCCOC(=O)c1cc(NC(=O)c2ccco2)ccc1N1CCOCC1. The fraction of sp³-hybridized carbons (Fsp3) is 0.368. The molecule has 0 bridgehead atoms. The molecule has 1 aliphatic heterocycles. The fourth-order valence-electron chi connectivity index (χ4n) is 2.73. The zero-order chi connectivity index (χ0) is 18.4. The Morgan fingerprint density at radius 1 is 1.23 bits per heavy atom. The lowest BCUT2D eigenvalue weighted by atomic mass is 10.1. The molecule has 26 heavy (non-hydrogen) atoms. The number of esters is 1. The first kappa shape index (κ1) is 18.0. The highest BCUT2D eigenvalue weighted by Crippen LogP contribution is 2.26. The van der Waals surface area contributed by atoms with Crippen LogP contribution < -0.4 is 10.2 Å². The van der Waals surface area contributed by atoms with Crippen LogP contribution in [0.2, 0.25) is 0 Å². The summed E-state index contributed by atoms with van der Waals surface area (Å²) in [5.74, 6) is -0.568. The Hall–Kier alpha value is -2.80. The van der Waals surface area contributed by atoms with Crippen LogP contribution in [0.15, 0.2) is 41.0 Å². The first-order valence-corrected chi connectivity index (χ1v) is 8.67. The molecule has 0 aliphatic carbocycles. The second-order valence-corrected chi connectivity index (χ2v) is 5.90. The van der Waals surface area contributed by atoms with Gasteiger partial charge >= 0.3 is 5.97 Å². The second kappa shape index (κ2) is 8.53. The summed E-state index contributed by atoms with van der Waals surface area (Å²) in [7, 11) is 0. The van der Waals surface area contributed by atoms with E-state index in [1.807, 2.05) is 13.0 Å². The molecule has 7 nitrogen and oxygen atoms in total. The smallest absolute Gasteiger partial charge is 0.340 e. The molecule has 1 saturated heterocycles. The minimum atomic E-state index is -0.401. The molecular formula is C19H22N2O5. The normalized spacial score (nSPS) is 14.1. The van der Waals surface area contributed by atoms with Crippen LogP contribution in [0.3, 0.4) is 0 Å². The summed E-state index contributed by atoms with van der Waals surface area (Å²) < 4.78 is 15.8. The summed E-state index contributed by atoms with van der Waals surface area (Å²) in [5, 5.41) is 2.74. The Morgan fingerprint density at radius 3 is 2.73 bits per heavy atom. The van der Waals surface area contributed by atoms with Crippen LogP contribution in [0.1, 0.15) is 34.3 Å². The van der Waals surface area contributed by atoms with Crippen molar-refractivity contribution in [1.29, 1.82) is 0 Å². The van der Waals surface area contributed by atoms with Crippen molar-refractivity contribution < 1.29 is 23.5 Å². The summed E-state index contributed by atoms with van der Waals surface area (Å²) in [5.41, 5.74) is 1.72. The van der Waals surface area contributed by atoms with Gasteiger partial charge in [0.1, 0.15) is 0 Å². The van der Waals surface area contributed by atoms with Crippen LogP contribution >= 0.6 is 0 Å². The number of carbonyl (C=O) groups is 2. The number of hydrogen-bond donors (Lipinski definition) is 1. The molecule has 1 aromatic heterocycles. The van der Waals surface area contributed by atoms with E-state index in [0.29, 0.717) is 44.2 Å². The molecule has 0 spiro atoms. The van der Waals surface area contributed by atoms with Crippen molar-refractivity contribution in [2.24, 2.45) is 0 Å². The summed E-state index contributed by atoms with van der Waals surface area (Å²) in [6, 6.07) is 8.45. The van der Waals surface area contributed by atoms with Crippen molar-refractivity contribution in [1.82, 2.24) is 0 Å². The Bertz CT molecular complexity index is 751. The van der Waals surface area contributed by atoms with E-state index < -0.39 is 5.97 Å². The zero-order valence-electron chi connectivity index (χ0n) is 14.7. The van der Waals surface area contributed by atoms with Crippen molar-refractivity contribution in [3.63, 3.8) is 0 Å². The van der Waals surface area contributed by atoms with E-state index in [1.54, 1.807) is 24.3 Å². The molecule has 2 heterocycles. The van der Waals surface area contributed by atoms with Gasteiger partial charge in [0.25, 0.3) is 5.91 Å². The highest BCUT2D eigenvalue weighted by molar-refractivity contribution is 6.04. The Labute approximate surface area is 151 Å².